The number of ketones is 2. The van der Waals surface area contributed by atoms with E-state index in [0.29, 0.717) is 12.0 Å². The predicted molar refractivity (Wildman–Crippen MR) is 154 cm³/mol. The highest BCUT2D eigenvalue weighted by Crippen LogP contribution is 2.26. The first-order valence-corrected chi connectivity index (χ1v) is 14.1. The maximum absolute atomic E-state index is 13.6. The Morgan fingerprint density at radius 3 is 2.50 bits per heavy atom. The molecule has 4 rings (SSSR count). The Morgan fingerprint density at radius 2 is 1.82 bits per heavy atom. The van der Waals surface area contributed by atoms with Crippen molar-refractivity contribution in [1.29, 1.82) is 0 Å². The summed E-state index contributed by atoms with van der Waals surface area (Å²) >= 11 is 0. The zero-order valence-corrected chi connectivity index (χ0v) is 24.2. The van der Waals surface area contributed by atoms with E-state index in [0.717, 1.165) is 18.2 Å². The molecule has 14 heteroatoms. The van der Waals surface area contributed by atoms with Crippen molar-refractivity contribution in [3.63, 3.8) is 0 Å². The van der Waals surface area contributed by atoms with Gasteiger partial charge in [-0.1, -0.05) is 30.3 Å². The number of hydrogen-bond acceptors (Lipinski definition) is 9. The number of piperidine rings is 1. The number of benzene rings is 2. The Labute approximate surface area is 252 Å². The molecule has 2 aromatic carbocycles. The number of non-ortho nitro benzene ring substituents is 1. The third kappa shape index (κ3) is 6.74. The number of hydrogen-bond donors (Lipinski definition) is 4. The summed E-state index contributed by atoms with van der Waals surface area (Å²) in [6.07, 6.45) is 0.580. The molecule has 14 nitrogen and oxygen atoms in total. The molecule has 0 aromatic heterocycles. The fourth-order valence-corrected chi connectivity index (χ4v) is 5.38. The topological polar surface area (TPSA) is 205 Å². The average Bonchev–Trinajstić information content (AvgIpc) is 3.49. The zero-order valence-electron chi connectivity index (χ0n) is 24.2. The number of phenols is 1. The van der Waals surface area contributed by atoms with Crippen molar-refractivity contribution in [2.24, 2.45) is 0 Å². The average molecular weight is 608 g/mol. The number of carbonyl (C=O) groups excluding carboxylic acids is 6. The Balaban J connectivity index is 1.51. The molecule has 44 heavy (non-hydrogen) atoms. The van der Waals surface area contributed by atoms with E-state index in [1.807, 2.05) is 0 Å². The van der Waals surface area contributed by atoms with Crippen molar-refractivity contribution in [1.82, 2.24) is 20.9 Å². The smallest absolute Gasteiger partial charge is 0.270 e. The van der Waals surface area contributed by atoms with Crippen LogP contribution in [0.2, 0.25) is 0 Å². The molecule has 0 spiro atoms. The van der Waals surface area contributed by atoms with Crippen LogP contribution < -0.4 is 16.0 Å². The maximum Gasteiger partial charge on any atom is 0.270 e. The molecule has 4 N–H and O–H groups in total. The van der Waals surface area contributed by atoms with E-state index < -0.39 is 75.2 Å². The minimum Gasteiger partial charge on any atom is -0.507 e. The van der Waals surface area contributed by atoms with E-state index >= 15 is 0 Å². The standard InChI is InChI=1S/C30H33N5O9/c1-17(31-29(42)30(2)24(37)12-13-25(38)33-30)28(41)34-14-6-9-22(34)27(40)32-21(15-18-7-4-3-5-8-18)26(39)20-16-19(35(43)44)10-11-23(20)36/h3-5,7-8,10-11,16-17,21-22,36H,6,9,12-15H2,1-2H3,(H,31,42)(H,32,40)(H,33,38)/t17-,21-,22-,30+/m0/s1. The van der Waals surface area contributed by atoms with E-state index in [4.69, 9.17) is 0 Å². The monoisotopic (exact) mass is 607 g/mol. The van der Waals surface area contributed by atoms with Crippen LogP contribution in [0.25, 0.3) is 0 Å². The molecule has 4 amide bonds. The lowest BCUT2D eigenvalue weighted by Gasteiger charge is -2.33. The summed E-state index contributed by atoms with van der Waals surface area (Å²) in [5.41, 5.74) is -1.91. The van der Waals surface area contributed by atoms with Gasteiger partial charge in [0.2, 0.25) is 17.7 Å². The number of nitrogens with zero attached hydrogens (tertiary/aromatic N) is 2. The minimum atomic E-state index is -1.82. The van der Waals surface area contributed by atoms with Gasteiger partial charge in [-0.2, -0.15) is 0 Å². The van der Waals surface area contributed by atoms with Gasteiger partial charge >= 0.3 is 0 Å². The zero-order chi connectivity index (χ0) is 32.2. The quantitative estimate of drug-likeness (QED) is 0.131. The van der Waals surface area contributed by atoms with Gasteiger partial charge in [-0.15, -0.1) is 0 Å². The third-order valence-corrected chi connectivity index (χ3v) is 7.91. The number of carbonyl (C=O) groups is 6. The van der Waals surface area contributed by atoms with Crippen molar-refractivity contribution >= 4 is 40.9 Å². The highest BCUT2D eigenvalue weighted by atomic mass is 16.6. The van der Waals surface area contributed by atoms with Crippen LogP contribution in [0, 0.1) is 10.1 Å². The van der Waals surface area contributed by atoms with E-state index in [1.54, 1.807) is 30.3 Å². The number of amides is 4. The second-order valence-electron chi connectivity index (χ2n) is 11.1. The summed E-state index contributed by atoms with van der Waals surface area (Å²) in [4.78, 5) is 89.6. The fraction of sp³-hybridized carbons (Fsp3) is 0.400. The first kappa shape index (κ1) is 31.8. The van der Waals surface area contributed by atoms with Gasteiger partial charge in [0.05, 0.1) is 16.5 Å². The van der Waals surface area contributed by atoms with Gasteiger partial charge in [-0.05, 0) is 38.3 Å². The van der Waals surface area contributed by atoms with Gasteiger partial charge in [-0.3, -0.25) is 38.9 Å². The van der Waals surface area contributed by atoms with E-state index in [1.165, 1.54) is 18.7 Å². The van der Waals surface area contributed by atoms with Crippen molar-refractivity contribution in [3.05, 3.63) is 69.8 Å². The lowest BCUT2D eigenvalue weighted by Crippen LogP contribution is -2.66. The normalized spacial score (nSPS) is 21.1. The van der Waals surface area contributed by atoms with Gasteiger partial charge in [0.15, 0.2) is 17.1 Å². The van der Waals surface area contributed by atoms with E-state index in [9.17, 15) is 44.0 Å². The van der Waals surface area contributed by atoms with E-state index in [2.05, 4.69) is 16.0 Å². The van der Waals surface area contributed by atoms with Gasteiger partial charge in [0.25, 0.3) is 11.6 Å². The van der Waals surface area contributed by atoms with Crippen LogP contribution in [0.1, 0.15) is 55.5 Å². The summed E-state index contributed by atoms with van der Waals surface area (Å²) in [5.74, 6) is -4.30. The largest absolute Gasteiger partial charge is 0.507 e. The van der Waals surface area contributed by atoms with Crippen molar-refractivity contribution < 1.29 is 38.8 Å². The SMILES string of the molecule is C[C@H](NC(=O)[C@]1(C)NC(=O)CCC1=O)C(=O)N1CCC[C@H]1C(=O)N[C@@H](Cc1ccccc1)C(=O)c1cc([N+](=O)[O-])ccc1O. The molecule has 4 atom stereocenters. The molecule has 2 heterocycles. The second-order valence-corrected chi connectivity index (χ2v) is 11.1. The molecule has 0 unspecified atom stereocenters. The summed E-state index contributed by atoms with van der Waals surface area (Å²) in [6, 6.07) is 8.35. The second kappa shape index (κ2) is 13.0. The van der Waals surface area contributed by atoms with Gasteiger partial charge in [-0.25, -0.2) is 0 Å². The van der Waals surface area contributed by atoms with Gasteiger partial charge in [0.1, 0.15) is 17.8 Å². The Kier molecular flexibility index (Phi) is 9.40. The van der Waals surface area contributed by atoms with Crippen LogP contribution in [0.3, 0.4) is 0 Å². The summed E-state index contributed by atoms with van der Waals surface area (Å²) < 4.78 is 0. The van der Waals surface area contributed by atoms with Crippen LogP contribution in [0.4, 0.5) is 5.69 Å². The van der Waals surface area contributed by atoms with Crippen molar-refractivity contribution in [2.75, 3.05) is 6.54 Å². The molecular weight excluding hydrogens is 574 g/mol. The first-order chi connectivity index (χ1) is 20.8. The fourth-order valence-electron chi connectivity index (χ4n) is 5.38. The number of likely N-dealkylation sites (tertiary alicyclic amines) is 1. The van der Waals surface area contributed by atoms with Crippen LogP contribution in [-0.4, -0.2) is 80.3 Å². The third-order valence-electron chi connectivity index (χ3n) is 7.91. The van der Waals surface area contributed by atoms with Crippen LogP contribution in [-0.2, 0) is 30.4 Å². The Morgan fingerprint density at radius 1 is 1.11 bits per heavy atom. The number of rotatable bonds is 10. The molecule has 0 radical (unpaired) electrons. The molecule has 232 valence electrons. The molecule has 2 aliphatic rings. The maximum atomic E-state index is 13.6. The molecular formula is C30H33N5O9. The van der Waals surface area contributed by atoms with Crippen LogP contribution >= 0.6 is 0 Å². The molecule has 2 aromatic rings. The number of phenolic OH excluding ortho intramolecular Hbond substituents is 1. The number of nitro benzene ring substituents is 1. The first-order valence-electron chi connectivity index (χ1n) is 14.1. The van der Waals surface area contributed by atoms with Gasteiger partial charge in [0, 0.05) is 37.9 Å². The molecule has 0 saturated carbocycles. The lowest BCUT2D eigenvalue weighted by molar-refractivity contribution is -0.384. The summed E-state index contributed by atoms with van der Waals surface area (Å²) in [6.45, 7) is 2.86. The van der Waals surface area contributed by atoms with Crippen molar-refractivity contribution in [3.8, 4) is 5.75 Å². The Hall–Kier alpha value is -5.14. The highest BCUT2D eigenvalue weighted by molar-refractivity contribution is 6.15. The summed E-state index contributed by atoms with van der Waals surface area (Å²) in [7, 11) is 0. The Bertz CT molecular complexity index is 1510. The molecule has 0 bridgehead atoms. The molecule has 2 aliphatic heterocycles. The van der Waals surface area contributed by atoms with Gasteiger partial charge < -0.3 is 26.0 Å². The number of nitrogens with one attached hydrogen (secondary N) is 3. The highest BCUT2D eigenvalue weighted by Gasteiger charge is 2.46. The van der Waals surface area contributed by atoms with E-state index in [-0.39, 0.29) is 37.8 Å². The van der Waals surface area contributed by atoms with Crippen LogP contribution in [0.15, 0.2) is 48.5 Å². The minimum absolute atomic E-state index is 0.000989. The predicted octanol–water partition coefficient (Wildman–Crippen LogP) is 0.944. The summed E-state index contributed by atoms with van der Waals surface area (Å²) in [5, 5.41) is 29.2. The number of aromatic hydroxyl groups is 1. The molecule has 0 aliphatic carbocycles. The molecule has 2 fully saturated rings. The lowest BCUT2D eigenvalue weighted by atomic mass is 9.88. The molecule has 2 saturated heterocycles. The van der Waals surface area contributed by atoms with Crippen LogP contribution in [0.5, 0.6) is 5.75 Å². The van der Waals surface area contributed by atoms with Crippen molar-refractivity contribution in [2.45, 2.75) is 69.6 Å². The number of nitro groups is 1. The number of Topliss-reactive ketones (excluding diaryl/α,β-unsaturated/α-hetero) is 2.